The van der Waals surface area contributed by atoms with Crippen molar-refractivity contribution in [3.8, 4) is 17.2 Å². The van der Waals surface area contributed by atoms with Crippen molar-refractivity contribution in [2.75, 3.05) is 26.3 Å². The molecule has 1 aliphatic rings. The standard InChI is InChI=1S/C18H18N6O5/c1-2-23-16(25)13(20-24(18(23)27)12-6-4-3-5-7-12)14-19-15(29-21-14)17(26)22-8-10-28-11-9-22/h3-7H,2,8-11H2,1H3. The summed E-state index contributed by atoms with van der Waals surface area (Å²) in [6.07, 6.45) is 0. The normalized spacial score (nSPS) is 14.2. The number of hydrogen-bond acceptors (Lipinski definition) is 8. The number of aromatic nitrogens is 5. The molecule has 3 heterocycles. The smallest absolute Gasteiger partial charge is 0.352 e. The predicted molar refractivity (Wildman–Crippen MR) is 99.8 cm³/mol. The van der Waals surface area contributed by atoms with Gasteiger partial charge < -0.3 is 14.2 Å². The van der Waals surface area contributed by atoms with E-state index >= 15 is 0 Å². The molecular formula is C18H18N6O5. The molecule has 1 aliphatic heterocycles. The summed E-state index contributed by atoms with van der Waals surface area (Å²) in [7, 11) is 0. The molecule has 2 aromatic heterocycles. The van der Waals surface area contributed by atoms with Gasteiger partial charge in [-0.05, 0) is 19.1 Å². The Labute approximate surface area is 164 Å². The zero-order chi connectivity index (χ0) is 20.4. The molecule has 0 N–H and O–H groups in total. The molecule has 0 atom stereocenters. The zero-order valence-corrected chi connectivity index (χ0v) is 15.6. The minimum atomic E-state index is -0.657. The molecule has 0 aliphatic carbocycles. The first-order valence-electron chi connectivity index (χ1n) is 9.11. The van der Waals surface area contributed by atoms with Crippen LogP contribution in [0.25, 0.3) is 17.2 Å². The monoisotopic (exact) mass is 398 g/mol. The van der Waals surface area contributed by atoms with E-state index in [4.69, 9.17) is 9.26 Å². The van der Waals surface area contributed by atoms with E-state index < -0.39 is 17.2 Å². The van der Waals surface area contributed by atoms with Crippen LogP contribution in [-0.4, -0.2) is 61.6 Å². The van der Waals surface area contributed by atoms with Gasteiger partial charge in [-0.2, -0.15) is 14.8 Å². The lowest BCUT2D eigenvalue weighted by Gasteiger charge is -2.25. The van der Waals surface area contributed by atoms with E-state index in [1.54, 1.807) is 37.3 Å². The third kappa shape index (κ3) is 3.47. The zero-order valence-electron chi connectivity index (χ0n) is 15.6. The predicted octanol–water partition coefficient (Wildman–Crippen LogP) is -0.0635. The van der Waals surface area contributed by atoms with E-state index in [0.29, 0.717) is 32.0 Å². The highest BCUT2D eigenvalue weighted by molar-refractivity contribution is 5.90. The van der Waals surface area contributed by atoms with Crippen molar-refractivity contribution < 1.29 is 14.1 Å². The van der Waals surface area contributed by atoms with Crippen LogP contribution in [-0.2, 0) is 11.3 Å². The minimum absolute atomic E-state index is 0.136. The highest BCUT2D eigenvalue weighted by atomic mass is 16.5. The highest BCUT2D eigenvalue weighted by Crippen LogP contribution is 2.12. The Morgan fingerprint density at radius 1 is 1.14 bits per heavy atom. The molecule has 0 bridgehead atoms. The maximum atomic E-state index is 12.7. The average Bonchev–Trinajstić information content (AvgIpc) is 3.25. The lowest BCUT2D eigenvalue weighted by molar-refractivity contribution is 0.0272. The van der Waals surface area contributed by atoms with Gasteiger partial charge >= 0.3 is 17.5 Å². The summed E-state index contributed by atoms with van der Waals surface area (Å²) in [5.74, 6) is -0.846. The first kappa shape index (κ1) is 18.7. The number of ether oxygens (including phenoxy) is 1. The van der Waals surface area contributed by atoms with Gasteiger partial charge in [0.25, 0.3) is 5.56 Å². The summed E-state index contributed by atoms with van der Waals surface area (Å²) in [6.45, 7) is 3.49. The maximum Gasteiger partial charge on any atom is 0.352 e. The SMILES string of the molecule is CCn1c(=O)c(-c2noc(C(=O)N3CCOCC3)n2)nn(-c2ccccc2)c1=O. The van der Waals surface area contributed by atoms with Crippen molar-refractivity contribution in [3.05, 3.63) is 57.1 Å². The second kappa shape index (κ2) is 7.80. The Kier molecular flexibility index (Phi) is 5.04. The van der Waals surface area contributed by atoms with Crippen LogP contribution in [0.5, 0.6) is 0 Å². The fraction of sp³-hybridized carbons (Fsp3) is 0.333. The number of amides is 1. The number of morpholine rings is 1. The van der Waals surface area contributed by atoms with Gasteiger partial charge in [0.1, 0.15) is 0 Å². The van der Waals surface area contributed by atoms with Gasteiger partial charge in [-0.3, -0.25) is 14.2 Å². The van der Waals surface area contributed by atoms with E-state index in [9.17, 15) is 14.4 Å². The van der Waals surface area contributed by atoms with Gasteiger partial charge in [0.05, 0.1) is 18.9 Å². The van der Waals surface area contributed by atoms with Crippen LogP contribution in [0.3, 0.4) is 0 Å². The first-order chi connectivity index (χ1) is 14.1. The summed E-state index contributed by atoms with van der Waals surface area (Å²) in [5, 5.41) is 7.89. The van der Waals surface area contributed by atoms with Crippen LogP contribution in [0, 0.1) is 0 Å². The molecule has 0 spiro atoms. The lowest BCUT2D eigenvalue weighted by atomic mass is 10.3. The quantitative estimate of drug-likeness (QED) is 0.598. The largest absolute Gasteiger partial charge is 0.378 e. The van der Waals surface area contributed by atoms with Gasteiger partial charge in [0, 0.05) is 19.6 Å². The molecule has 11 nitrogen and oxygen atoms in total. The van der Waals surface area contributed by atoms with Crippen LogP contribution in [0.2, 0.25) is 0 Å². The molecule has 1 fully saturated rings. The molecule has 1 amide bonds. The molecule has 1 saturated heterocycles. The van der Waals surface area contributed by atoms with Crippen molar-refractivity contribution in [1.29, 1.82) is 0 Å². The fourth-order valence-electron chi connectivity index (χ4n) is 2.98. The minimum Gasteiger partial charge on any atom is -0.378 e. The molecule has 29 heavy (non-hydrogen) atoms. The Morgan fingerprint density at radius 3 is 2.55 bits per heavy atom. The van der Waals surface area contributed by atoms with E-state index in [0.717, 1.165) is 9.25 Å². The van der Waals surface area contributed by atoms with Crippen molar-refractivity contribution in [2.24, 2.45) is 0 Å². The van der Waals surface area contributed by atoms with Gasteiger partial charge in [0.2, 0.25) is 5.82 Å². The maximum absolute atomic E-state index is 12.7. The second-order valence-corrected chi connectivity index (χ2v) is 6.26. The summed E-state index contributed by atoms with van der Waals surface area (Å²) < 4.78 is 12.4. The van der Waals surface area contributed by atoms with Crippen molar-refractivity contribution in [1.82, 2.24) is 29.4 Å². The van der Waals surface area contributed by atoms with E-state index in [1.807, 2.05) is 0 Å². The molecule has 0 unspecified atom stereocenters. The number of para-hydroxylation sites is 1. The first-order valence-corrected chi connectivity index (χ1v) is 9.11. The third-order valence-corrected chi connectivity index (χ3v) is 4.50. The molecule has 1 aromatic carbocycles. The van der Waals surface area contributed by atoms with E-state index in [-0.39, 0.29) is 24.0 Å². The lowest BCUT2D eigenvalue weighted by Crippen LogP contribution is -2.41. The van der Waals surface area contributed by atoms with Crippen LogP contribution in [0.15, 0.2) is 44.4 Å². The van der Waals surface area contributed by atoms with E-state index in [2.05, 4.69) is 15.2 Å². The van der Waals surface area contributed by atoms with Crippen LogP contribution >= 0.6 is 0 Å². The summed E-state index contributed by atoms with van der Waals surface area (Å²) in [4.78, 5) is 43.5. The van der Waals surface area contributed by atoms with Gasteiger partial charge in [-0.1, -0.05) is 23.4 Å². The Bertz CT molecular complexity index is 1140. The number of carbonyl (C=O) groups is 1. The van der Waals surface area contributed by atoms with Gasteiger partial charge in [-0.25, -0.2) is 4.79 Å². The average molecular weight is 398 g/mol. The second-order valence-electron chi connectivity index (χ2n) is 6.26. The summed E-state index contributed by atoms with van der Waals surface area (Å²) in [5.41, 5.74) is -0.939. The molecule has 0 radical (unpaired) electrons. The number of benzene rings is 1. The highest BCUT2D eigenvalue weighted by Gasteiger charge is 2.26. The van der Waals surface area contributed by atoms with Crippen molar-refractivity contribution >= 4 is 5.91 Å². The van der Waals surface area contributed by atoms with Gasteiger partial charge in [-0.15, -0.1) is 0 Å². The topological polar surface area (TPSA) is 125 Å². The van der Waals surface area contributed by atoms with Gasteiger partial charge in [0.15, 0.2) is 5.69 Å². The Morgan fingerprint density at radius 2 is 1.86 bits per heavy atom. The summed E-state index contributed by atoms with van der Waals surface area (Å²) in [6, 6.07) is 8.67. The van der Waals surface area contributed by atoms with Crippen molar-refractivity contribution in [2.45, 2.75) is 13.5 Å². The number of rotatable bonds is 4. The molecule has 4 rings (SSSR count). The van der Waals surface area contributed by atoms with Crippen LogP contribution in [0.4, 0.5) is 0 Å². The van der Waals surface area contributed by atoms with Crippen LogP contribution < -0.4 is 11.2 Å². The number of carbonyl (C=O) groups excluding carboxylic acids is 1. The molecule has 11 heteroatoms. The summed E-state index contributed by atoms with van der Waals surface area (Å²) >= 11 is 0. The Hall–Kier alpha value is -3.60. The third-order valence-electron chi connectivity index (χ3n) is 4.50. The number of hydrogen-bond donors (Lipinski definition) is 0. The molecular weight excluding hydrogens is 380 g/mol. The van der Waals surface area contributed by atoms with E-state index in [1.165, 1.54) is 4.90 Å². The molecule has 3 aromatic rings. The molecule has 0 saturated carbocycles. The number of nitrogens with zero attached hydrogens (tertiary/aromatic N) is 6. The van der Waals surface area contributed by atoms with Crippen molar-refractivity contribution in [3.63, 3.8) is 0 Å². The van der Waals surface area contributed by atoms with Crippen LogP contribution in [0.1, 0.15) is 17.6 Å². The molecule has 150 valence electrons. The fourth-order valence-corrected chi connectivity index (χ4v) is 2.98. The Balaban J connectivity index is 1.77.